The normalized spacial score (nSPS) is 13.8. The standard InChI is InChI=1S/C23H20N4O2/c24-12-18(23(29)26-10-9-16-5-1-2-6-17(16)13-26)11-19-14-27(15-22(25)28)21-8-4-3-7-20(19)21/h1-8,11,14H,9-10,13,15H2,(H2,25,28)/b18-11+. The van der Waals surface area contributed by atoms with Crippen molar-refractivity contribution < 1.29 is 9.59 Å². The smallest absolute Gasteiger partial charge is 0.264 e. The number of nitrogens with zero attached hydrogens (tertiary/aromatic N) is 3. The van der Waals surface area contributed by atoms with E-state index in [1.54, 1.807) is 21.7 Å². The zero-order chi connectivity index (χ0) is 20.4. The maximum absolute atomic E-state index is 13.0. The van der Waals surface area contributed by atoms with Crippen molar-refractivity contribution in [2.45, 2.75) is 19.5 Å². The minimum Gasteiger partial charge on any atom is -0.368 e. The quantitative estimate of drug-likeness (QED) is 0.554. The molecule has 1 aromatic heterocycles. The number of fused-ring (bicyclic) bond motifs is 2. The fraction of sp³-hybridized carbons (Fsp3) is 0.174. The number of para-hydroxylation sites is 1. The fourth-order valence-corrected chi connectivity index (χ4v) is 3.83. The van der Waals surface area contributed by atoms with E-state index < -0.39 is 5.91 Å². The highest BCUT2D eigenvalue weighted by molar-refractivity contribution is 6.04. The molecule has 4 rings (SSSR count). The van der Waals surface area contributed by atoms with Crippen LogP contribution in [0, 0.1) is 11.3 Å². The Labute approximate surface area is 168 Å². The van der Waals surface area contributed by atoms with Crippen molar-refractivity contribution in [1.82, 2.24) is 9.47 Å². The topological polar surface area (TPSA) is 92.1 Å². The van der Waals surface area contributed by atoms with Gasteiger partial charge in [0.1, 0.15) is 18.2 Å². The van der Waals surface area contributed by atoms with Crippen LogP contribution in [0.1, 0.15) is 16.7 Å². The number of carbonyl (C=O) groups excluding carboxylic acids is 2. The lowest BCUT2D eigenvalue weighted by molar-refractivity contribution is -0.127. The summed E-state index contributed by atoms with van der Waals surface area (Å²) in [7, 11) is 0. The molecule has 3 aromatic rings. The molecular weight excluding hydrogens is 364 g/mol. The maximum Gasteiger partial charge on any atom is 0.264 e. The highest BCUT2D eigenvalue weighted by Crippen LogP contribution is 2.25. The van der Waals surface area contributed by atoms with E-state index in [9.17, 15) is 14.9 Å². The molecule has 0 fully saturated rings. The van der Waals surface area contributed by atoms with Gasteiger partial charge in [-0.05, 0) is 29.7 Å². The van der Waals surface area contributed by atoms with E-state index in [1.807, 2.05) is 42.5 Å². The molecule has 0 atom stereocenters. The van der Waals surface area contributed by atoms with Crippen LogP contribution in [0.5, 0.6) is 0 Å². The first-order chi connectivity index (χ1) is 14.1. The second-order valence-corrected chi connectivity index (χ2v) is 7.11. The Hall–Kier alpha value is -3.85. The van der Waals surface area contributed by atoms with E-state index in [0.29, 0.717) is 18.7 Å². The van der Waals surface area contributed by atoms with Crippen molar-refractivity contribution in [3.8, 4) is 6.07 Å². The Morgan fingerprint density at radius 1 is 1.10 bits per heavy atom. The molecule has 1 aliphatic rings. The molecule has 0 saturated heterocycles. The summed E-state index contributed by atoms with van der Waals surface area (Å²) in [6.07, 6.45) is 4.13. The van der Waals surface area contributed by atoms with Gasteiger partial charge in [0.15, 0.2) is 0 Å². The minimum atomic E-state index is -0.454. The predicted molar refractivity (Wildman–Crippen MR) is 110 cm³/mol. The average Bonchev–Trinajstić information content (AvgIpc) is 3.08. The lowest BCUT2D eigenvalue weighted by atomic mass is 9.99. The first-order valence-electron chi connectivity index (χ1n) is 9.41. The first-order valence-corrected chi connectivity index (χ1v) is 9.41. The van der Waals surface area contributed by atoms with Gasteiger partial charge >= 0.3 is 0 Å². The molecule has 6 heteroatoms. The monoisotopic (exact) mass is 384 g/mol. The van der Waals surface area contributed by atoms with Crippen LogP contribution in [-0.2, 0) is 29.1 Å². The highest BCUT2D eigenvalue weighted by atomic mass is 16.2. The van der Waals surface area contributed by atoms with Gasteiger partial charge in [-0.2, -0.15) is 5.26 Å². The third kappa shape index (κ3) is 3.63. The Morgan fingerprint density at radius 3 is 2.59 bits per heavy atom. The van der Waals surface area contributed by atoms with E-state index in [1.165, 1.54) is 5.56 Å². The van der Waals surface area contributed by atoms with Gasteiger partial charge in [-0.3, -0.25) is 9.59 Å². The molecule has 2 amide bonds. The summed E-state index contributed by atoms with van der Waals surface area (Å²) in [4.78, 5) is 26.1. The number of nitrogens with two attached hydrogens (primary N) is 1. The molecule has 0 spiro atoms. The molecule has 1 aliphatic heterocycles. The van der Waals surface area contributed by atoms with Crippen LogP contribution in [0.2, 0.25) is 0 Å². The summed E-state index contributed by atoms with van der Waals surface area (Å²) in [5, 5.41) is 10.5. The number of amides is 2. The van der Waals surface area contributed by atoms with Crippen molar-refractivity contribution >= 4 is 28.8 Å². The molecule has 29 heavy (non-hydrogen) atoms. The highest BCUT2D eigenvalue weighted by Gasteiger charge is 2.23. The number of carbonyl (C=O) groups is 2. The van der Waals surface area contributed by atoms with Crippen LogP contribution in [0.4, 0.5) is 0 Å². The van der Waals surface area contributed by atoms with E-state index in [2.05, 4.69) is 12.1 Å². The summed E-state index contributed by atoms with van der Waals surface area (Å²) in [6, 6.07) is 17.6. The molecule has 0 unspecified atom stereocenters. The summed E-state index contributed by atoms with van der Waals surface area (Å²) in [6.45, 7) is 1.11. The number of hydrogen-bond donors (Lipinski definition) is 1. The predicted octanol–water partition coefficient (Wildman–Crippen LogP) is 2.62. The SMILES string of the molecule is N#C/C(=C\c1cn(CC(N)=O)c2ccccc12)C(=O)N1CCc2ccccc2C1. The molecule has 2 heterocycles. The second kappa shape index (κ2) is 7.64. The van der Waals surface area contributed by atoms with Gasteiger partial charge in [0, 0.05) is 35.8 Å². The van der Waals surface area contributed by atoms with Gasteiger partial charge < -0.3 is 15.2 Å². The van der Waals surface area contributed by atoms with Crippen LogP contribution in [0.15, 0.2) is 60.3 Å². The van der Waals surface area contributed by atoms with E-state index in [0.717, 1.165) is 22.9 Å². The number of benzene rings is 2. The molecule has 2 N–H and O–H groups in total. The third-order valence-electron chi connectivity index (χ3n) is 5.21. The Bertz CT molecular complexity index is 1180. The molecular formula is C23H20N4O2. The number of primary amides is 1. The largest absolute Gasteiger partial charge is 0.368 e. The molecule has 0 aliphatic carbocycles. The molecule has 144 valence electrons. The minimum absolute atomic E-state index is 0.0348. The third-order valence-corrected chi connectivity index (χ3v) is 5.21. The van der Waals surface area contributed by atoms with Gasteiger partial charge in [-0.15, -0.1) is 0 Å². The van der Waals surface area contributed by atoms with Crippen molar-refractivity contribution in [3.05, 3.63) is 77.0 Å². The van der Waals surface area contributed by atoms with E-state index in [-0.39, 0.29) is 18.0 Å². The molecule has 6 nitrogen and oxygen atoms in total. The molecule has 2 aromatic carbocycles. The van der Waals surface area contributed by atoms with Crippen LogP contribution in [-0.4, -0.2) is 27.8 Å². The lowest BCUT2D eigenvalue weighted by Gasteiger charge is -2.28. The van der Waals surface area contributed by atoms with Crippen molar-refractivity contribution in [2.75, 3.05) is 6.54 Å². The fourth-order valence-electron chi connectivity index (χ4n) is 3.83. The number of hydrogen-bond acceptors (Lipinski definition) is 3. The lowest BCUT2D eigenvalue weighted by Crippen LogP contribution is -2.36. The summed E-state index contributed by atoms with van der Waals surface area (Å²) < 4.78 is 1.74. The molecule has 0 saturated carbocycles. The number of aromatic nitrogens is 1. The number of nitriles is 1. The van der Waals surface area contributed by atoms with E-state index >= 15 is 0 Å². The zero-order valence-corrected chi connectivity index (χ0v) is 15.8. The van der Waals surface area contributed by atoms with E-state index in [4.69, 9.17) is 5.73 Å². The van der Waals surface area contributed by atoms with Crippen LogP contribution >= 0.6 is 0 Å². The zero-order valence-electron chi connectivity index (χ0n) is 15.8. The van der Waals surface area contributed by atoms with Gasteiger partial charge in [-0.1, -0.05) is 42.5 Å². The Balaban J connectivity index is 1.67. The molecule has 0 radical (unpaired) electrons. The van der Waals surface area contributed by atoms with Gasteiger partial charge in [0.25, 0.3) is 5.91 Å². The second-order valence-electron chi connectivity index (χ2n) is 7.11. The number of rotatable bonds is 4. The van der Waals surface area contributed by atoms with Crippen LogP contribution < -0.4 is 5.73 Å². The van der Waals surface area contributed by atoms with Gasteiger partial charge in [0.05, 0.1) is 0 Å². The van der Waals surface area contributed by atoms with Crippen molar-refractivity contribution in [1.29, 1.82) is 5.26 Å². The average molecular weight is 384 g/mol. The van der Waals surface area contributed by atoms with Gasteiger partial charge in [0.2, 0.25) is 5.91 Å². The van der Waals surface area contributed by atoms with Crippen LogP contribution in [0.3, 0.4) is 0 Å². The summed E-state index contributed by atoms with van der Waals surface area (Å²) in [5.74, 6) is -0.737. The van der Waals surface area contributed by atoms with Crippen molar-refractivity contribution in [3.63, 3.8) is 0 Å². The van der Waals surface area contributed by atoms with Gasteiger partial charge in [-0.25, -0.2) is 0 Å². The Kier molecular flexibility index (Phi) is 4.88. The van der Waals surface area contributed by atoms with Crippen molar-refractivity contribution in [2.24, 2.45) is 5.73 Å². The maximum atomic E-state index is 13.0. The first kappa shape index (κ1) is 18.5. The Morgan fingerprint density at radius 2 is 1.83 bits per heavy atom. The summed E-state index contributed by atoms with van der Waals surface area (Å²) in [5.41, 5.74) is 9.32. The summed E-state index contributed by atoms with van der Waals surface area (Å²) >= 11 is 0. The van der Waals surface area contributed by atoms with Crippen LogP contribution in [0.25, 0.3) is 17.0 Å². The molecule has 0 bridgehead atoms.